The molecule has 118 valence electrons. The topological polar surface area (TPSA) is 74.9 Å². The van der Waals surface area contributed by atoms with E-state index in [4.69, 9.17) is 9.15 Å². The number of carbonyl (C=O) groups is 1. The number of ether oxygens (including phenoxy) is 1. The van der Waals surface area contributed by atoms with E-state index in [1.165, 1.54) is 0 Å². The highest BCUT2D eigenvalue weighted by Crippen LogP contribution is 2.26. The van der Waals surface area contributed by atoms with Gasteiger partial charge in [0.25, 0.3) is 0 Å². The third-order valence-corrected chi connectivity index (χ3v) is 3.79. The standard InChI is InChI=1S/C15H24N2O4/c1-16-14(18)8-15(19)6-3-7-17(11-15)9-12-4-5-13(21-12)10-20-2/h4-5,19H,3,6-11H2,1-2H3,(H,16,18). The summed E-state index contributed by atoms with van der Waals surface area (Å²) in [5, 5.41) is 13.1. The molecule has 1 aromatic heterocycles. The van der Waals surface area contributed by atoms with Gasteiger partial charge in [0.2, 0.25) is 5.91 Å². The van der Waals surface area contributed by atoms with Crippen LogP contribution in [0, 0.1) is 0 Å². The van der Waals surface area contributed by atoms with Crippen LogP contribution in [0.2, 0.25) is 0 Å². The Morgan fingerprint density at radius 3 is 3.00 bits per heavy atom. The molecule has 1 atom stereocenters. The van der Waals surface area contributed by atoms with Crippen molar-refractivity contribution >= 4 is 5.91 Å². The predicted octanol–water partition coefficient (Wildman–Crippen LogP) is 0.889. The minimum atomic E-state index is -0.944. The first-order chi connectivity index (χ1) is 10.0. The molecule has 0 aromatic carbocycles. The van der Waals surface area contributed by atoms with Crippen molar-refractivity contribution in [2.75, 3.05) is 27.2 Å². The molecule has 0 spiro atoms. The van der Waals surface area contributed by atoms with Crippen LogP contribution >= 0.6 is 0 Å². The van der Waals surface area contributed by atoms with E-state index in [2.05, 4.69) is 10.2 Å². The van der Waals surface area contributed by atoms with Gasteiger partial charge >= 0.3 is 0 Å². The fourth-order valence-corrected chi connectivity index (χ4v) is 2.82. The SMILES string of the molecule is CNC(=O)CC1(O)CCCN(Cc2ccc(COC)o2)C1. The lowest BCUT2D eigenvalue weighted by Crippen LogP contribution is -2.49. The van der Waals surface area contributed by atoms with E-state index in [-0.39, 0.29) is 12.3 Å². The number of amides is 1. The fraction of sp³-hybridized carbons (Fsp3) is 0.667. The zero-order valence-electron chi connectivity index (χ0n) is 12.7. The van der Waals surface area contributed by atoms with Crippen LogP contribution in [-0.4, -0.2) is 48.8 Å². The van der Waals surface area contributed by atoms with Gasteiger partial charge in [-0.05, 0) is 31.5 Å². The number of piperidine rings is 1. The number of hydrogen-bond acceptors (Lipinski definition) is 5. The van der Waals surface area contributed by atoms with E-state index in [0.717, 1.165) is 24.5 Å². The molecule has 1 amide bonds. The molecule has 1 aliphatic heterocycles. The summed E-state index contributed by atoms with van der Waals surface area (Å²) in [5.41, 5.74) is -0.944. The molecule has 0 radical (unpaired) electrons. The highest BCUT2D eigenvalue weighted by atomic mass is 16.5. The van der Waals surface area contributed by atoms with Crippen molar-refractivity contribution < 1.29 is 19.1 Å². The Morgan fingerprint density at radius 1 is 1.52 bits per heavy atom. The molecule has 2 heterocycles. The van der Waals surface area contributed by atoms with Crippen LogP contribution in [0.15, 0.2) is 16.5 Å². The maximum Gasteiger partial charge on any atom is 0.222 e. The summed E-state index contributed by atoms with van der Waals surface area (Å²) in [6, 6.07) is 3.83. The number of likely N-dealkylation sites (tertiary alicyclic amines) is 1. The van der Waals surface area contributed by atoms with E-state index in [1.807, 2.05) is 12.1 Å². The maximum absolute atomic E-state index is 11.5. The lowest BCUT2D eigenvalue weighted by molar-refractivity contribution is -0.128. The molecular weight excluding hydrogens is 272 g/mol. The Balaban J connectivity index is 1.92. The molecule has 2 N–H and O–H groups in total. The molecule has 1 aromatic rings. The van der Waals surface area contributed by atoms with Gasteiger partial charge in [-0.15, -0.1) is 0 Å². The largest absolute Gasteiger partial charge is 0.462 e. The number of hydrogen-bond donors (Lipinski definition) is 2. The van der Waals surface area contributed by atoms with Crippen molar-refractivity contribution in [3.63, 3.8) is 0 Å². The van der Waals surface area contributed by atoms with E-state index >= 15 is 0 Å². The van der Waals surface area contributed by atoms with Gasteiger partial charge < -0.3 is 19.6 Å². The summed E-state index contributed by atoms with van der Waals surface area (Å²) < 4.78 is 10.7. The molecule has 0 bridgehead atoms. The highest BCUT2D eigenvalue weighted by molar-refractivity contribution is 5.76. The van der Waals surface area contributed by atoms with E-state index in [9.17, 15) is 9.90 Å². The summed E-state index contributed by atoms with van der Waals surface area (Å²) in [6.07, 6.45) is 1.68. The molecule has 2 rings (SSSR count). The van der Waals surface area contributed by atoms with Crippen molar-refractivity contribution in [1.82, 2.24) is 10.2 Å². The van der Waals surface area contributed by atoms with Crippen LogP contribution in [0.5, 0.6) is 0 Å². The third kappa shape index (κ3) is 4.56. The van der Waals surface area contributed by atoms with Gasteiger partial charge in [0.1, 0.15) is 18.1 Å². The molecule has 1 saturated heterocycles. The zero-order chi connectivity index (χ0) is 15.3. The number of nitrogens with zero attached hydrogens (tertiary/aromatic N) is 1. The van der Waals surface area contributed by atoms with Gasteiger partial charge in [-0.25, -0.2) is 0 Å². The molecule has 1 unspecified atom stereocenters. The Hall–Kier alpha value is -1.37. The summed E-state index contributed by atoms with van der Waals surface area (Å²) in [5.74, 6) is 1.52. The zero-order valence-corrected chi connectivity index (χ0v) is 12.7. The minimum absolute atomic E-state index is 0.125. The van der Waals surface area contributed by atoms with E-state index < -0.39 is 5.60 Å². The second kappa shape index (κ2) is 7.06. The van der Waals surface area contributed by atoms with Crippen molar-refractivity contribution in [3.8, 4) is 0 Å². The molecular formula is C15H24N2O4. The van der Waals surface area contributed by atoms with Crippen LogP contribution in [-0.2, 0) is 22.7 Å². The average Bonchev–Trinajstić information content (AvgIpc) is 2.86. The van der Waals surface area contributed by atoms with Crippen LogP contribution in [0.3, 0.4) is 0 Å². The third-order valence-electron chi connectivity index (χ3n) is 3.79. The summed E-state index contributed by atoms with van der Waals surface area (Å²) in [7, 11) is 3.22. The number of methoxy groups -OCH3 is 1. The van der Waals surface area contributed by atoms with Crippen LogP contribution < -0.4 is 5.32 Å². The molecule has 0 saturated carbocycles. The Bertz CT molecular complexity index is 474. The smallest absolute Gasteiger partial charge is 0.222 e. The van der Waals surface area contributed by atoms with E-state index in [1.54, 1.807) is 14.2 Å². The van der Waals surface area contributed by atoms with Crippen molar-refractivity contribution in [1.29, 1.82) is 0 Å². The maximum atomic E-state index is 11.5. The number of rotatable bonds is 6. The van der Waals surface area contributed by atoms with Gasteiger partial charge in [0, 0.05) is 20.7 Å². The monoisotopic (exact) mass is 296 g/mol. The summed E-state index contributed by atoms with van der Waals surface area (Å²) in [6.45, 7) is 2.48. The van der Waals surface area contributed by atoms with Crippen molar-refractivity contribution in [2.45, 2.75) is 38.0 Å². The molecule has 1 aliphatic rings. The van der Waals surface area contributed by atoms with Crippen molar-refractivity contribution in [3.05, 3.63) is 23.7 Å². The van der Waals surface area contributed by atoms with Crippen LogP contribution in [0.25, 0.3) is 0 Å². The quantitative estimate of drug-likeness (QED) is 0.815. The first-order valence-electron chi connectivity index (χ1n) is 7.26. The van der Waals surface area contributed by atoms with Crippen LogP contribution in [0.1, 0.15) is 30.8 Å². The Labute approximate surface area is 125 Å². The lowest BCUT2D eigenvalue weighted by Gasteiger charge is -2.38. The van der Waals surface area contributed by atoms with Gasteiger partial charge in [0.15, 0.2) is 0 Å². The second-order valence-electron chi connectivity index (χ2n) is 5.69. The number of furan rings is 1. The predicted molar refractivity (Wildman–Crippen MR) is 77.6 cm³/mol. The first kappa shape index (κ1) is 16.0. The second-order valence-corrected chi connectivity index (χ2v) is 5.69. The summed E-state index contributed by atoms with van der Waals surface area (Å²) in [4.78, 5) is 13.6. The lowest BCUT2D eigenvalue weighted by atomic mass is 9.89. The molecule has 0 aliphatic carbocycles. The summed E-state index contributed by atoms with van der Waals surface area (Å²) >= 11 is 0. The Morgan fingerprint density at radius 2 is 2.29 bits per heavy atom. The van der Waals surface area contributed by atoms with Crippen LogP contribution in [0.4, 0.5) is 0 Å². The minimum Gasteiger partial charge on any atom is -0.462 e. The number of carbonyl (C=O) groups excluding carboxylic acids is 1. The van der Waals surface area contributed by atoms with Gasteiger partial charge in [-0.2, -0.15) is 0 Å². The highest BCUT2D eigenvalue weighted by Gasteiger charge is 2.35. The van der Waals surface area contributed by atoms with Gasteiger partial charge in [-0.3, -0.25) is 9.69 Å². The molecule has 21 heavy (non-hydrogen) atoms. The average molecular weight is 296 g/mol. The molecule has 6 heteroatoms. The fourth-order valence-electron chi connectivity index (χ4n) is 2.82. The first-order valence-corrected chi connectivity index (χ1v) is 7.26. The number of β-amino-alcohol motifs (C(OH)–C–C–N with tert-alkyl or cyclic N) is 1. The van der Waals surface area contributed by atoms with Gasteiger partial charge in [0.05, 0.1) is 18.6 Å². The van der Waals surface area contributed by atoms with E-state index in [0.29, 0.717) is 26.1 Å². The molecule has 6 nitrogen and oxygen atoms in total. The molecule has 1 fully saturated rings. The normalized spacial score (nSPS) is 23.2. The number of nitrogens with one attached hydrogen (secondary N) is 1. The number of aliphatic hydroxyl groups is 1. The van der Waals surface area contributed by atoms with Gasteiger partial charge in [-0.1, -0.05) is 0 Å². The van der Waals surface area contributed by atoms with Crippen molar-refractivity contribution in [2.24, 2.45) is 0 Å². The Kier molecular flexibility index (Phi) is 5.39.